The van der Waals surface area contributed by atoms with Crippen molar-refractivity contribution in [3.05, 3.63) is 22.9 Å². The Kier molecular flexibility index (Phi) is 2.60. The van der Waals surface area contributed by atoms with Crippen LogP contribution in [0.5, 0.6) is 0 Å². The Morgan fingerprint density at radius 1 is 1.73 bits per heavy atom. The number of nitrogens with zero attached hydrogens (tertiary/aromatic N) is 1. The normalized spacial score (nSPS) is 9.55. The molecule has 58 valence electrons. The van der Waals surface area contributed by atoms with E-state index < -0.39 is 0 Å². The molecule has 0 radical (unpaired) electrons. The Balaban J connectivity index is 3.01. The van der Waals surface area contributed by atoms with Gasteiger partial charge in [-0.2, -0.15) is 0 Å². The topological polar surface area (TPSA) is 12.4 Å². The Morgan fingerprint density at radius 3 is 3.00 bits per heavy atom. The minimum Gasteiger partial charge on any atom is -0.263 e. The first-order valence-corrected chi connectivity index (χ1v) is 4.40. The van der Waals surface area contributed by atoms with Crippen molar-refractivity contribution in [1.82, 2.24) is 0 Å². The fourth-order valence-corrected chi connectivity index (χ4v) is 1.75. The van der Waals surface area contributed by atoms with Crippen LogP contribution in [0.15, 0.2) is 23.0 Å². The lowest BCUT2D eigenvalue weighted by atomic mass is 10.2. The minimum atomic E-state index is 0.960. The second kappa shape index (κ2) is 3.49. The Bertz CT molecular complexity index is 273. The molecule has 1 nitrogen and oxygen atoms in total. The molecule has 0 spiro atoms. The summed E-state index contributed by atoms with van der Waals surface area (Å²) in [5.74, 6) is 0. The molecule has 11 heavy (non-hydrogen) atoms. The molecule has 0 bridgehead atoms. The van der Waals surface area contributed by atoms with Gasteiger partial charge in [-0.25, -0.2) is 0 Å². The van der Waals surface area contributed by atoms with E-state index in [-0.39, 0.29) is 0 Å². The van der Waals surface area contributed by atoms with Crippen molar-refractivity contribution in [2.75, 3.05) is 0 Å². The first-order chi connectivity index (χ1) is 5.29. The average molecular weight is 165 g/mol. The third kappa shape index (κ3) is 1.57. The van der Waals surface area contributed by atoms with Crippen molar-refractivity contribution < 1.29 is 0 Å². The van der Waals surface area contributed by atoms with Crippen LogP contribution in [0.1, 0.15) is 18.2 Å². The minimum absolute atomic E-state index is 0.960. The zero-order chi connectivity index (χ0) is 8.27. The zero-order valence-corrected chi connectivity index (χ0v) is 7.45. The third-order valence-corrected chi connectivity index (χ3v) is 2.57. The van der Waals surface area contributed by atoms with Gasteiger partial charge in [-0.3, -0.25) is 4.99 Å². The van der Waals surface area contributed by atoms with Crippen LogP contribution in [-0.2, 0) is 0 Å². The average Bonchev–Trinajstić information content (AvgIpc) is 2.50. The van der Waals surface area contributed by atoms with E-state index in [2.05, 4.69) is 25.2 Å². The Morgan fingerprint density at radius 2 is 2.45 bits per heavy atom. The molecule has 0 aliphatic carbocycles. The van der Waals surface area contributed by atoms with Crippen LogP contribution >= 0.6 is 11.3 Å². The second-order valence-electron chi connectivity index (χ2n) is 2.25. The van der Waals surface area contributed by atoms with Crippen LogP contribution in [0.3, 0.4) is 0 Å². The standard InChI is InChI=1S/C9H11NS/c1-4-7(2)9-8(10-3)5-6-11-9/h5-6H,2-4H2,1H3. The van der Waals surface area contributed by atoms with Crippen LogP contribution in [0.2, 0.25) is 0 Å². The predicted molar refractivity (Wildman–Crippen MR) is 52.9 cm³/mol. The summed E-state index contributed by atoms with van der Waals surface area (Å²) < 4.78 is 0. The number of hydrogen-bond donors (Lipinski definition) is 0. The summed E-state index contributed by atoms with van der Waals surface area (Å²) in [5.41, 5.74) is 2.10. The summed E-state index contributed by atoms with van der Waals surface area (Å²) >= 11 is 1.67. The quantitative estimate of drug-likeness (QED) is 0.608. The highest BCUT2D eigenvalue weighted by Crippen LogP contribution is 2.31. The SMILES string of the molecule is C=Nc1ccsc1C(=C)CC. The molecule has 0 fully saturated rings. The van der Waals surface area contributed by atoms with Crippen LogP contribution in [0.4, 0.5) is 5.69 Å². The molecule has 0 saturated heterocycles. The molecule has 0 atom stereocenters. The van der Waals surface area contributed by atoms with E-state index in [4.69, 9.17) is 0 Å². The van der Waals surface area contributed by atoms with Gasteiger partial charge in [0.15, 0.2) is 0 Å². The molecule has 1 aromatic rings. The van der Waals surface area contributed by atoms with Crippen LogP contribution < -0.4 is 0 Å². The van der Waals surface area contributed by atoms with E-state index in [1.807, 2.05) is 11.4 Å². The number of thiophene rings is 1. The highest BCUT2D eigenvalue weighted by molar-refractivity contribution is 7.11. The smallest absolute Gasteiger partial charge is 0.0804 e. The molecule has 0 amide bonds. The van der Waals surface area contributed by atoms with Gasteiger partial charge in [-0.05, 0) is 30.2 Å². The summed E-state index contributed by atoms with van der Waals surface area (Å²) in [5, 5.41) is 2.01. The van der Waals surface area contributed by atoms with Gasteiger partial charge in [0.25, 0.3) is 0 Å². The fourth-order valence-electron chi connectivity index (χ4n) is 0.852. The van der Waals surface area contributed by atoms with Gasteiger partial charge in [0.2, 0.25) is 0 Å². The van der Waals surface area contributed by atoms with E-state index in [1.54, 1.807) is 11.3 Å². The first kappa shape index (κ1) is 8.21. The van der Waals surface area contributed by atoms with Crippen molar-refractivity contribution in [2.24, 2.45) is 4.99 Å². The lowest BCUT2D eigenvalue weighted by molar-refractivity contribution is 1.26. The van der Waals surface area contributed by atoms with Crippen LogP contribution in [-0.4, -0.2) is 6.72 Å². The van der Waals surface area contributed by atoms with E-state index in [0.717, 1.165) is 17.7 Å². The summed E-state index contributed by atoms with van der Waals surface area (Å²) in [7, 11) is 0. The Labute approximate surface area is 71.1 Å². The maximum absolute atomic E-state index is 3.95. The molecule has 1 rings (SSSR count). The predicted octanol–water partition coefficient (Wildman–Crippen LogP) is 3.50. The molecule has 1 heterocycles. The molecule has 0 saturated carbocycles. The molecule has 2 heteroatoms. The van der Waals surface area contributed by atoms with E-state index in [9.17, 15) is 0 Å². The van der Waals surface area contributed by atoms with Crippen LogP contribution in [0.25, 0.3) is 5.57 Å². The van der Waals surface area contributed by atoms with Crippen molar-refractivity contribution in [3.63, 3.8) is 0 Å². The van der Waals surface area contributed by atoms with Gasteiger partial charge < -0.3 is 0 Å². The van der Waals surface area contributed by atoms with Gasteiger partial charge in [0.05, 0.1) is 10.6 Å². The number of rotatable bonds is 3. The highest BCUT2D eigenvalue weighted by Gasteiger charge is 2.03. The second-order valence-corrected chi connectivity index (χ2v) is 3.17. The monoisotopic (exact) mass is 165 g/mol. The van der Waals surface area contributed by atoms with E-state index in [0.29, 0.717) is 0 Å². The van der Waals surface area contributed by atoms with E-state index >= 15 is 0 Å². The van der Waals surface area contributed by atoms with Gasteiger partial charge in [0.1, 0.15) is 0 Å². The molecule has 0 unspecified atom stereocenters. The molecular formula is C9H11NS. The third-order valence-electron chi connectivity index (χ3n) is 1.56. The maximum Gasteiger partial charge on any atom is 0.0804 e. The first-order valence-electron chi connectivity index (χ1n) is 3.52. The van der Waals surface area contributed by atoms with Crippen molar-refractivity contribution in [1.29, 1.82) is 0 Å². The lowest BCUT2D eigenvalue weighted by Gasteiger charge is -1.98. The number of aliphatic imine (C=N–C) groups is 1. The summed E-state index contributed by atoms with van der Waals surface area (Å²) in [6, 6.07) is 1.97. The van der Waals surface area contributed by atoms with Crippen molar-refractivity contribution >= 4 is 29.3 Å². The van der Waals surface area contributed by atoms with Crippen LogP contribution in [0, 0.1) is 0 Å². The molecule has 0 N–H and O–H groups in total. The largest absolute Gasteiger partial charge is 0.263 e. The number of allylic oxidation sites excluding steroid dienone is 1. The van der Waals surface area contributed by atoms with Crippen molar-refractivity contribution in [3.8, 4) is 0 Å². The fraction of sp³-hybridized carbons (Fsp3) is 0.222. The molecule has 0 aromatic carbocycles. The lowest BCUT2D eigenvalue weighted by Crippen LogP contribution is -1.73. The molecular weight excluding hydrogens is 154 g/mol. The summed E-state index contributed by atoms with van der Waals surface area (Å²) in [6.45, 7) is 9.54. The summed E-state index contributed by atoms with van der Waals surface area (Å²) in [6.07, 6.45) is 0.975. The molecule has 1 aromatic heterocycles. The number of hydrogen-bond acceptors (Lipinski definition) is 2. The van der Waals surface area contributed by atoms with Crippen molar-refractivity contribution in [2.45, 2.75) is 13.3 Å². The molecule has 0 aliphatic heterocycles. The van der Waals surface area contributed by atoms with E-state index in [1.165, 1.54) is 4.88 Å². The van der Waals surface area contributed by atoms with Gasteiger partial charge in [-0.15, -0.1) is 11.3 Å². The summed E-state index contributed by atoms with van der Waals surface area (Å²) in [4.78, 5) is 5.07. The van der Waals surface area contributed by atoms with Gasteiger partial charge in [-0.1, -0.05) is 13.5 Å². The zero-order valence-electron chi connectivity index (χ0n) is 6.63. The maximum atomic E-state index is 3.95. The highest BCUT2D eigenvalue weighted by atomic mass is 32.1. The molecule has 0 aliphatic rings. The van der Waals surface area contributed by atoms with Gasteiger partial charge in [0, 0.05) is 0 Å². The van der Waals surface area contributed by atoms with Gasteiger partial charge >= 0.3 is 0 Å². The Hall–Kier alpha value is -0.890.